The molecule has 2 rings (SSSR count). The van der Waals surface area contributed by atoms with E-state index in [1.807, 2.05) is 11.4 Å². The van der Waals surface area contributed by atoms with E-state index in [4.69, 9.17) is 21.6 Å². The van der Waals surface area contributed by atoms with Gasteiger partial charge in [0.25, 0.3) is 5.91 Å². The molecule has 2 aromatic rings. The molecule has 2 N–H and O–H groups in total. The third-order valence-electron chi connectivity index (χ3n) is 3.47. The van der Waals surface area contributed by atoms with E-state index in [0.29, 0.717) is 10.6 Å². The molecular weight excluding hydrogens is 415 g/mol. The van der Waals surface area contributed by atoms with Gasteiger partial charge < -0.3 is 4.74 Å². The Hall–Kier alpha value is -3.64. The molecule has 0 heterocycles. The van der Waals surface area contributed by atoms with Gasteiger partial charge in [0, 0.05) is 0 Å². The van der Waals surface area contributed by atoms with Crippen molar-refractivity contribution in [1.82, 2.24) is 10.7 Å². The highest BCUT2D eigenvalue weighted by Crippen LogP contribution is 2.19. The van der Waals surface area contributed by atoms with Crippen molar-refractivity contribution in [2.45, 2.75) is 26.4 Å². The van der Waals surface area contributed by atoms with E-state index in [0.717, 1.165) is 6.07 Å². The molecule has 0 fully saturated rings. The summed E-state index contributed by atoms with van der Waals surface area (Å²) in [7, 11) is 0. The topological polar surface area (TPSA) is 112 Å². The van der Waals surface area contributed by atoms with Crippen LogP contribution in [0, 0.1) is 17.1 Å². The lowest BCUT2D eigenvalue weighted by atomic mass is 10.2. The van der Waals surface area contributed by atoms with Gasteiger partial charge in [-0.25, -0.2) is 19.4 Å². The summed E-state index contributed by atoms with van der Waals surface area (Å²) in [5.41, 5.74) is 1.26. The Kier molecular flexibility index (Phi) is 6.97. The molecule has 10 heteroatoms. The second kappa shape index (κ2) is 9.24. The second-order valence-corrected chi connectivity index (χ2v) is 7.37. The van der Waals surface area contributed by atoms with Crippen LogP contribution in [-0.2, 0) is 4.74 Å². The number of benzene rings is 2. The van der Waals surface area contributed by atoms with Gasteiger partial charge in [0.15, 0.2) is 0 Å². The Bertz CT molecular complexity index is 993. The predicted molar refractivity (Wildman–Crippen MR) is 107 cm³/mol. The normalized spacial score (nSPS) is 10.5. The van der Waals surface area contributed by atoms with Crippen molar-refractivity contribution in [2.75, 3.05) is 5.01 Å². The molecule has 2 aromatic carbocycles. The van der Waals surface area contributed by atoms with Gasteiger partial charge in [0.1, 0.15) is 11.4 Å². The third-order valence-corrected chi connectivity index (χ3v) is 3.78. The van der Waals surface area contributed by atoms with E-state index in [1.54, 1.807) is 20.8 Å². The maximum atomic E-state index is 14.0. The van der Waals surface area contributed by atoms with Crippen molar-refractivity contribution in [3.05, 3.63) is 64.4 Å². The van der Waals surface area contributed by atoms with Crippen LogP contribution in [0.25, 0.3) is 0 Å². The highest BCUT2D eigenvalue weighted by Gasteiger charge is 2.26. The monoisotopic (exact) mass is 432 g/mol. The van der Waals surface area contributed by atoms with E-state index < -0.39 is 35.0 Å². The average Bonchev–Trinajstić information content (AvgIpc) is 2.64. The fraction of sp³-hybridized carbons (Fsp3) is 0.200. The summed E-state index contributed by atoms with van der Waals surface area (Å²) in [4.78, 5) is 37.2. The van der Waals surface area contributed by atoms with E-state index in [2.05, 4.69) is 5.43 Å². The molecule has 156 valence electrons. The number of halogens is 2. The lowest BCUT2D eigenvalue weighted by molar-refractivity contribution is 0.0523. The van der Waals surface area contributed by atoms with Crippen molar-refractivity contribution in [2.24, 2.45) is 0 Å². The number of imide groups is 1. The molecule has 0 aliphatic rings. The van der Waals surface area contributed by atoms with Gasteiger partial charge in [-0.15, -0.1) is 0 Å². The minimum atomic E-state index is -1.10. The minimum Gasteiger partial charge on any atom is -0.443 e. The average molecular weight is 433 g/mol. The summed E-state index contributed by atoms with van der Waals surface area (Å²) in [5.74, 6) is -2.02. The van der Waals surface area contributed by atoms with Crippen molar-refractivity contribution in [3.63, 3.8) is 0 Å². The zero-order valence-electron chi connectivity index (χ0n) is 16.3. The lowest BCUT2D eigenvalue weighted by Gasteiger charge is -2.26. The molecule has 0 aliphatic carbocycles. The van der Waals surface area contributed by atoms with Crippen LogP contribution in [0.1, 0.15) is 36.7 Å². The Morgan fingerprint density at radius 3 is 2.30 bits per heavy atom. The third kappa shape index (κ3) is 5.93. The quantitative estimate of drug-likeness (QED) is 0.692. The van der Waals surface area contributed by atoms with Gasteiger partial charge >= 0.3 is 12.1 Å². The van der Waals surface area contributed by atoms with Gasteiger partial charge in [0.2, 0.25) is 0 Å². The van der Waals surface area contributed by atoms with E-state index in [-0.39, 0.29) is 10.7 Å². The lowest BCUT2D eigenvalue weighted by Crippen LogP contribution is -2.53. The molecule has 0 atom stereocenters. The smallest absolute Gasteiger partial charge is 0.427 e. The van der Waals surface area contributed by atoms with Crippen LogP contribution in [0.2, 0.25) is 5.02 Å². The second-order valence-electron chi connectivity index (χ2n) is 6.96. The number of ether oxygens (including phenoxy) is 1. The van der Waals surface area contributed by atoms with Crippen LogP contribution < -0.4 is 15.8 Å². The number of anilines is 1. The van der Waals surface area contributed by atoms with Crippen LogP contribution in [0.15, 0.2) is 42.5 Å². The minimum absolute atomic E-state index is 0.116. The maximum absolute atomic E-state index is 14.0. The van der Waals surface area contributed by atoms with Gasteiger partial charge in [-0.3, -0.25) is 10.1 Å². The molecule has 30 heavy (non-hydrogen) atoms. The largest absolute Gasteiger partial charge is 0.443 e. The molecule has 0 bridgehead atoms. The standard InChI is InChI=1S/C20H18ClFN4O4/c1-20(2,3)30-19(29)25-26(13-9-7-12(11-23)8-10-13)18(28)24-17(27)16-14(21)5-4-6-15(16)22/h4-10H,1-3H3,(H,25,29)(H,24,27,28). The van der Waals surface area contributed by atoms with Gasteiger partial charge in [-0.2, -0.15) is 10.3 Å². The summed E-state index contributed by atoms with van der Waals surface area (Å²) >= 11 is 5.85. The first-order valence-corrected chi connectivity index (χ1v) is 8.99. The number of amides is 4. The highest BCUT2D eigenvalue weighted by molar-refractivity contribution is 6.34. The van der Waals surface area contributed by atoms with Crippen LogP contribution >= 0.6 is 11.6 Å². The number of nitriles is 1. The molecule has 0 spiro atoms. The molecular formula is C20H18ClFN4O4. The first-order valence-electron chi connectivity index (χ1n) is 8.61. The van der Waals surface area contributed by atoms with Crippen molar-refractivity contribution < 1.29 is 23.5 Å². The van der Waals surface area contributed by atoms with E-state index in [1.165, 1.54) is 36.4 Å². The number of hydrogen-bond acceptors (Lipinski definition) is 5. The molecule has 0 radical (unpaired) electrons. The highest BCUT2D eigenvalue weighted by atomic mass is 35.5. The summed E-state index contributed by atoms with van der Waals surface area (Å²) in [6.07, 6.45) is -0.974. The van der Waals surface area contributed by atoms with Crippen molar-refractivity contribution in [1.29, 1.82) is 5.26 Å². The first-order chi connectivity index (χ1) is 14.0. The van der Waals surface area contributed by atoms with Crippen molar-refractivity contribution in [3.8, 4) is 6.07 Å². The van der Waals surface area contributed by atoms with Crippen LogP contribution in [0.3, 0.4) is 0 Å². The number of rotatable bonds is 2. The fourth-order valence-electron chi connectivity index (χ4n) is 2.24. The number of nitrogens with one attached hydrogen (secondary N) is 2. The number of carbonyl (C=O) groups is 3. The molecule has 0 aromatic heterocycles. The summed E-state index contributed by atoms with van der Waals surface area (Å²) < 4.78 is 19.1. The molecule has 0 saturated carbocycles. The number of nitrogens with zero attached hydrogens (tertiary/aromatic N) is 2. The number of urea groups is 1. The number of hydrazine groups is 1. The Morgan fingerprint density at radius 2 is 1.77 bits per heavy atom. The van der Waals surface area contributed by atoms with E-state index >= 15 is 0 Å². The number of hydrogen-bond donors (Lipinski definition) is 2. The van der Waals surface area contributed by atoms with Crippen LogP contribution in [0.5, 0.6) is 0 Å². The summed E-state index contributed by atoms with van der Waals surface area (Å²) in [6.45, 7) is 4.88. The van der Waals surface area contributed by atoms with Crippen molar-refractivity contribution >= 4 is 35.3 Å². The summed E-state index contributed by atoms with van der Waals surface area (Å²) in [6, 6.07) is 9.99. The molecule has 0 unspecified atom stereocenters. The van der Waals surface area contributed by atoms with Gasteiger partial charge in [-0.1, -0.05) is 17.7 Å². The number of carbonyl (C=O) groups excluding carboxylic acids is 3. The molecule has 4 amide bonds. The molecule has 0 aliphatic heterocycles. The molecule has 8 nitrogen and oxygen atoms in total. The zero-order valence-corrected chi connectivity index (χ0v) is 17.1. The van der Waals surface area contributed by atoms with Gasteiger partial charge in [0.05, 0.1) is 27.9 Å². The van der Waals surface area contributed by atoms with Gasteiger partial charge in [-0.05, 0) is 57.2 Å². The molecule has 0 saturated heterocycles. The van der Waals surface area contributed by atoms with Crippen LogP contribution in [-0.4, -0.2) is 23.6 Å². The van der Waals surface area contributed by atoms with E-state index in [9.17, 15) is 18.8 Å². The maximum Gasteiger partial charge on any atom is 0.427 e. The van der Waals surface area contributed by atoms with Crippen LogP contribution in [0.4, 0.5) is 19.7 Å². The first kappa shape index (κ1) is 22.6. The Morgan fingerprint density at radius 1 is 1.13 bits per heavy atom. The Balaban J connectivity index is 2.30. The summed E-state index contributed by atoms with van der Waals surface area (Å²) in [5, 5.41) is 11.4. The zero-order chi connectivity index (χ0) is 22.5. The fourth-order valence-corrected chi connectivity index (χ4v) is 2.49. The SMILES string of the molecule is CC(C)(C)OC(=O)NN(C(=O)NC(=O)c1c(F)cccc1Cl)c1ccc(C#N)cc1. The Labute approximate surface area is 177 Å². The predicted octanol–water partition coefficient (Wildman–Crippen LogP) is 4.15.